The Hall–Kier alpha value is -2.08. The van der Waals surface area contributed by atoms with Crippen LogP contribution in [0.3, 0.4) is 0 Å². The highest BCUT2D eigenvalue weighted by atomic mass is 16.4. The van der Waals surface area contributed by atoms with Crippen LogP contribution in [0, 0.1) is 5.41 Å². The largest absolute Gasteiger partial charge is 0.417 e. The quantitative estimate of drug-likeness (QED) is 0.807. The Morgan fingerprint density at radius 3 is 2.82 bits per heavy atom. The van der Waals surface area contributed by atoms with Crippen molar-refractivity contribution < 1.29 is 9.21 Å². The number of hydrogen-bond donors (Lipinski definition) is 3. The van der Waals surface area contributed by atoms with Gasteiger partial charge in [-0.15, -0.1) is 0 Å². The smallest absolute Gasteiger partial charge is 0.408 e. The molecular weight excluding hydrogens is 282 g/mol. The number of hydrogen-bond acceptors (Lipinski definition) is 4. The molecule has 0 unspecified atom stereocenters. The maximum Gasteiger partial charge on any atom is 0.417 e. The fourth-order valence-electron chi connectivity index (χ4n) is 3.33. The van der Waals surface area contributed by atoms with Crippen molar-refractivity contribution in [2.24, 2.45) is 11.1 Å². The summed E-state index contributed by atoms with van der Waals surface area (Å²) in [4.78, 5) is 26.0. The van der Waals surface area contributed by atoms with Gasteiger partial charge in [-0.2, -0.15) is 0 Å². The van der Waals surface area contributed by atoms with Crippen LogP contribution in [-0.2, 0) is 4.79 Å². The second-order valence-corrected chi connectivity index (χ2v) is 6.22. The number of nitrogens with two attached hydrogens (primary N) is 1. The van der Waals surface area contributed by atoms with Crippen molar-refractivity contribution in [3.05, 3.63) is 28.7 Å². The van der Waals surface area contributed by atoms with Crippen molar-refractivity contribution in [1.29, 1.82) is 0 Å². The first-order valence-electron chi connectivity index (χ1n) is 7.73. The third-order valence-corrected chi connectivity index (χ3v) is 4.59. The minimum atomic E-state index is -0.497. The van der Waals surface area contributed by atoms with Gasteiger partial charge in [0.1, 0.15) is 0 Å². The summed E-state index contributed by atoms with van der Waals surface area (Å²) < 4.78 is 4.94. The van der Waals surface area contributed by atoms with E-state index in [1.807, 2.05) is 0 Å². The molecule has 1 aliphatic rings. The number of carbonyl (C=O) groups is 1. The van der Waals surface area contributed by atoms with Crippen molar-refractivity contribution >= 4 is 22.7 Å². The molecule has 1 amide bonds. The lowest BCUT2D eigenvalue weighted by molar-refractivity contribution is -0.118. The Balaban J connectivity index is 1.70. The molecule has 0 radical (unpaired) electrons. The zero-order valence-electron chi connectivity index (χ0n) is 12.5. The second kappa shape index (κ2) is 5.96. The molecule has 22 heavy (non-hydrogen) atoms. The summed E-state index contributed by atoms with van der Waals surface area (Å²) in [6.07, 6.45) is 6.01. The van der Waals surface area contributed by atoms with Gasteiger partial charge in [0, 0.05) is 12.1 Å². The van der Waals surface area contributed by atoms with Gasteiger partial charge in [-0.25, -0.2) is 4.79 Å². The molecule has 4 N–H and O–H groups in total. The van der Waals surface area contributed by atoms with Gasteiger partial charge in [-0.05, 0) is 43.0 Å². The molecule has 6 nitrogen and oxygen atoms in total. The third kappa shape index (κ3) is 3.06. The molecule has 1 heterocycles. The molecule has 1 fully saturated rings. The average Bonchev–Trinajstić information content (AvgIpc) is 2.87. The van der Waals surface area contributed by atoms with E-state index in [4.69, 9.17) is 10.2 Å². The average molecular weight is 303 g/mol. The van der Waals surface area contributed by atoms with Gasteiger partial charge in [0.05, 0.1) is 5.52 Å². The van der Waals surface area contributed by atoms with Crippen molar-refractivity contribution in [2.75, 3.05) is 11.9 Å². The van der Waals surface area contributed by atoms with E-state index >= 15 is 0 Å². The summed E-state index contributed by atoms with van der Waals surface area (Å²) in [5, 5.41) is 2.89. The van der Waals surface area contributed by atoms with Crippen molar-refractivity contribution in [3.8, 4) is 0 Å². The van der Waals surface area contributed by atoms with E-state index in [2.05, 4.69) is 10.3 Å². The van der Waals surface area contributed by atoms with Crippen LogP contribution in [-0.4, -0.2) is 17.4 Å². The highest BCUT2D eigenvalue weighted by Gasteiger charge is 2.32. The van der Waals surface area contributed by atoms with Gasteiger partial charge in [-0.3, -0.25) is 9.78 Å². The zero-order chi connectivity index (χ0) is 15.6. The first-order chi connectivity index (χ1) is 10.6. The Morgan fingerprint density at radius 1 is 1.32 bits per heavy atom. The molecule has 0 aliphatic heterocycles. The van der Waals surface area contributed by atoms with E-state index in [0.29, 0.717) is 29.8 Å². The predicted molar refractivity (Wildman–Crippen MR) is 84.7 cm³/mol. The Bertz CT molecular complexity index is 726. The van der Waals surface area contributed by atoms with Gasteiger partial charge < -0.3 is 15.5 Å². The highest BCUT2D eigenvalue weighted by Crippen LogP contribution is 2.38. The van der Waals surface area contributed by atoms with E-state index in [-0.39, 0.29) is 11.3 Å². The van der Waals surface area contributed by atoms with Gasteiger partial charge in [0.25, 0.3) is 0 Å². The molecular formula is C16H21N3O3. The lowest BCUT2D eigenvalue weighted by Crippen LogP contribution is -2.36. The monoisotopic (exact) mass is 303 g/mol. The summed E-state index contributed by atoms with van der Waals surface area (Å²) in [6.45, 7) is 0.550. The number of H-pyrrole nitrogens is 1. The minimum absolute atomic E-state index is 0.0301. The SMILES string of the molecule is NCC1(CC(=O)Nc2ccc3oc(=O)[nH]c3c2)CCCCC1. The van der Waals surface area contributed by atoms with Crippen molar-refractivity contribution in [3.63, 3.8) is 0 Å². The number of benzene rings is 1. The number of aromatic nitrogens is 1. The molecule has 0 spiro atoms. The molecule has 6 heteroatoms. The Morgan fingerprint density at radius 2 is 2.09 bits per heavy atom. The number of anilines is 1. The summed E-state index contributed by atoms with van der Waals surface area (Å²) >= 11 is 0. The Kier molecular flexibility index (Phi) is 4.02. The normalized spacial score (nSPS) is 17.5. The van der Waals surface area contributed by atoms with E-state index in [0.717, 1.165) is 25.7 Å². The lowest BCUT2D eigenvalue weighted by atomic mass is 9.71. The molecule has 0 atom stereocenters. The van der Waals surface area contributed by atoms with Crippen LogP contribution in [0.4, 0.5) is 5.69 Å². The summed E-state index contributed by atoms with van der Waals surface area (Å²) in [7, 11) is 0. The molecule has 2 aromatic rings. The molecule has 3 rings (SSSR count). The lowest BCUT2D eigenvalue weighted by Gasteiger charge is -2.35. The van der Waals surface area contributed by atoms with Crippen LogP contribution in [0.1, 0.15) is 38.5 Å². The van der Waals surface area contributed by atoms with Gasteiger partial charge in [-0.1, -0.05) is 19.3 Å². The summed E-state index contributed by atoms with van der Waals surface area (Å²) in [5.41, 5.74) is 7.57. The van der Waals surface area contributed by atoms with Crippen molar-refractivity contribution in [1.82, 2.24) is 4.98 Å². The molecule has 0 saturated heterocycles. The fraction of sp³-hybridized carbons (Fsp3) is 0.500. The van der Waals surface area contributed by atoms with Crippen LogP contribution >= 0.6 is 0 Å². The van der Waals surface area contributed by atoms with E-state index < -0.39 is 5.76 Å². The fourth-order valence-corrected chi connectivity index (χ4v) is 3.33. The van der Waals surface area contributed by atoms with E-state index in [1.165, 1.54) is 6.42 Å². The van der Waals surface area contributed by atoms with Crippen LogP contribution in [0.2, 0.25) is 0 Å². The van der Waals surface area contributed by atoms with Crippen LogP contribution < -0.4 is 16.8 Å². The number of rotatable bonds is 4. The van der Waals surface area contributed by atoms with Crippen LogP contribution in [0.5, 0.6) is 0 Å². The minimum Gasteiger partial charge on any atom is -0.408 e. The molecule has 1 aromatic carbocycles. The predicted octanol–water partition coefficient (Wildman–Crippen LogP) is 2.36. The third-order valence-electron chi connectivity index (χ3n) is 4.59. The molecule has 1 aromatic heterocycles. The second-order valence-electron chi connectivity index (χ2n) is 6.22. The maximum atomic E-state index is 12.3. The number of nitrogens with one attached hydrogen (secondary N) is 2. The number of fused-ring (bicyclic) bond motifs is 1. The molecule has 0 bridgehead atoms. The first kappa shape index (κ1) is 14.8. The number of carbonyl (C=O) groups excluding carboxylic acids is 1. The molecule has 1 saturated carbocycles. The van der Waals surface area contributed by atoms with Crippen LogP contribution in [0.25, 0.3) is 11.1 Å². The van der Waals surface area contributed by atoms with E-state index in [9.17, 15) is 9.59 Å². The van der Waals surface area contributed by atoms with Crippen molar-refractivity contribution in [2.45, 2.75) is 38.5 Å². The number of aromatic amines is 1. The standard InChI is InChI=1S/C16H21N3O3/c17-10-16(6-2-1-3-7-16)9-14(20)18-11-4-5-13-12(8-11)19-15(21)22-13/h4-5,8H,1-3,6-7,9-10,17H2,(H,18,20)(H,19,21). The number of amides is 1. The van der Waals surface area contributed by atoms with E-state index in [1.54, 1.807) is 18.2 Å². The van der Waals surface area contributed by atoms with Crippen LogP contribution in [0.15, 0.2) is 27.4 Å². The molecule has 118 valence electrons. The first-order valence-corrected chi connectivity index (χ1v) is 7.73. The topological polar surface area (TPSA) is 101 Å². The zero-order valence-corrected chi connectivity index (χ0v) is 12.5. The van der Waals surface area contributed by atoms with Gasteiger partial charge in [0.2, 0.25) is 5.91 Å². The summed E-state index contributed by atoms with van der Waals surface area (Å²) in [6, 6.07) is 5.10. The maximum absolute atomic E-state index is 12.3. The van der Waals surface area contributed by atoms with Gasteiger partial charge >= 0.3 is 5.76 Å². The number of oxazole rings is 1. The highest BCUT2D eigenvalue weighted by molar-refractivity contribution is 5.93. The Labute approximate surface area is 128 Å². The van der Waals surface area contributed by atoms with Gasteiger partial charge in [0.15, 0.2) is 5.58 Å². The summed E-state index contributed by atoms with van der Waals surface area (Å²) in [5.74, 6) is -0.527. The molecule has 1 aliphatic carbocycles.